The van der Waals surface area contributed by atoms with Crippen molar-refractivity contribution in [3.8, 4) is 0 Å². The van der Waals surface area contributed by atoms with Gasteiger partial charge < -0.3 is 11.1 Å². The van der Waals surface area contributed by atoms with Crippen LogP contribution in [0.25, 0.3) is 0 Å². The lowest BCUT2D eigenvalue weighted by Gasteiger charge is -2.31. The van der Waals surface area contributed by atoms with E-state index in [-0.39, 0.29) is 42.7 Å². The lowest BCUT2D eigenvalue weighted by Crippen LogP contribution is -2.44. The summed E-state index contributed by atoms with van der Waals surface area (Å²) in [4.78, 5) is 39.2. The molecular formula is C23H26ClN3O3. The Morgan fingerprint density at radius 3 is 2.33 bits per heavy atom. The number of nitrogens with two attached hydrogens (primary N) is 1. The van der Waals surface area contributed by atoms with Gasteiger partial charge in [-0.15, -0.1) is 12.4 Å². The van der Waals surface area contributed by atoms with Gasteiger partial charge in [0.2, 0.25) is 0 Å². The number of rotatable bonds is 5. The van der Waals surface area contributed by atoms with Gasteiger partial charge in [0.15, 0.2) is 0 Å². The van der Waals surface area contributed by atoms with Gasteiger partial charge in [0, 0.05) is 11.6 Å². The molecule has 30 heavy (non-hydrogen) atoms. The van der Waals surface area contributed by atoms with Gasteiger partial charge in [-0.25, -0.2) is 0 Å². The van der Waals surface area contributed by atoms with Crippen molar-refractivity contribution in [2.75, 3.05) is 6.54 Å². The zero-order valence-electron chi connectivity index (χ0n) is 16.7. The smallest absolute Gasteiger partial charge is 0.261 e. The number of carbonyl (C=O) groups is 3. The molecule has 7 heteroatoms. The van der Waals surface area contributed by atoms with Crippen LogP contribution in [0.2, 0.25) is 0 Å². The molecule has 2 atom stereocenters. The molecule has 4 rings (SSSR count). The number of amides is 3. The number of benzene rings is 2. The van der Waals surface area contributed by atoms with Crippen LogP contribution in [-0.4, -0.2) is 35.2 Å². The van der Waals surface area contributed by atoms with E-state index in [1.807, 2.05) is 6.07 Å². The number of hydrogen-bond acceptors (Lipinski definition) is 4. The van der Waals surface area contributed by atoms with Crippen LogP contribution < -0.4 is 11.1 Å². The maximum absolute atomic E-state index is 12.8. The van der Waals surface area contributed by atoms with Crippen molar-refractivity contribution in [1.82, 2.24) is 10.2 Å². The molecule has 0 radical (unpaired) electrons. The van der Waals surface area contributed by atoms with Gasteiger partial charge in [0.25, 0.3) is 17.7 Å². The SMILES string of the molecule is Cl.NCC1CCCCC1NC(=O)c1cccc(CN2C(=O)c3ccccc3C2=O)c1. The molecule has 3 amide bonds. The van der Waals surface area contributed by atoms with Crippen molar-refractivity contribution < 1.29 is 14.4 Å². The van der Waals surface area contributed by atoms with Crippen molar-refractivity contribution in [2.24, 2.45) is 11.7 Å². The van der Waals surface area contributed by atoms with Gasteiger partial charge in [0.1, 0.15) is 0 Å². The van der Waals surface area contributed by atoms with E-state index in [2.05, 4.69) is 5.32 Å². The van der Waals surface area contributed by atoms with E-state index in [1.165, 1.54) is 4.90 Å². The van der Waals surface area contributed by atoms with Crippen molar-refractivity contribution in [3.05, 3.63) is 70.8 Å². The Kier molecular flexibility index (Phi) is 6.90. The van der Waals surface area contributed by atoms with Crippen LogP contribution in [0.4, 0.5) is 0 Å². The molecule has 158 valence electrons. The summed E-state index contributed by atoms with van der Waals surface area (Å²) in [6.45, 7) is 0.715. The maximum atomic E-state index is 12.8. The second kappa shape index (κ2) is 9.41. The largest absolute Gasteiger partial charge is 0.349 e. The highest BCUT2D eigenvalue weighted by Gasteiger charge is 2.35. The van der Waals surface area contributed by atoms with Crippen LogP contribution >= 0.6 is 12.4 Å². The lowest BCUT2D eigenvalue weighted by atomic mass is 9.84. The van der Waals surface area contributed by atoms with Gasteiger partial charge in [-0.1, -0.05) is 37.1 Å². The average molecular weight is 428 g/mol. The highest BCUT2D eigenvalue weighted by Crippen LogP contribution is 2.25. The third-order valence-electron chi connectivity index (χ3n) is 5.94. The molecule has 3 N–H and O–H groups in total. The van der Waals surface area contributed by atoms with Crippen molar-refractivity contribution in [2.45, 2.75) is 38.3 Å². The third kappa shape index (κ3) is 4.25. The number of fused-ring (bicyclic) bond motifs is 1. The lowest BCUT2D eigenvalue weighted by molar-refractivity contribution is 0.0642. The van der Waals surface area contributed by atoms with Crippen LogP contribution in [0.3, 0.4) is 0 Å². The van der Waals surface area contributed by atoms with Crippen LogP contribution in [0, 0.1) is 5.92 Å². The summed E-state index contributed by atoms with van der Waals surface area (Å²) in [6, 6.07) is 14.0. The Labute approximate surface area is 182 Å². The predicted octanol–water partition coefficient (Wildman–Crippen LogP) is 3.15. The first-order valence-corrected chi connectivity index (χ1v) is 10.1. The zero-order chi connectivity index (χ0) is 20.4. The standard InChI is InChI=1S/C23H25N3O3.ClH/c24-13-17-7-1-4-11-20(17)25-21(27)16-8-5-6-15(12-16)14-26-22(28)18-9-2-3-10-19(18)23(26)29;/h2-3,5-6,8-10,12,17,20H,1,4,7,11,13-14,24H2,(H,25,27);1H. The second-order valence-electron chi connectivity index (χ2n) is 7.80. The summed E-state index contributed by atoms with van der Waals surface area (Å²) in [5.74, 6) is -0.421. The van der Waals surface area contributed by atoms with Gasteiger partial charge in [-0.2, -0.15) is 0 Å². The van der Waals surface area contributed by atoms with Crippen LogP contribution in [-0.2, 0) is 6.54 Å². The van der Waals surface area contributed by atoms with E-state index in [1.54, 1.807) is 42.5 Å². The molecule has 1 aliphatic carbocycles. The van der Waals surface area contributed by atoms with Crippen LogP contribution in [0.15, 0.2) is 48.5 Å². The average Bonchev–Trinajstić information content (AvgIpc) is 2.99. The van der Waals surface area contributed by atoms with Crippen molar-refractivity contribution in [1.29, 1.82) is 0 Å². The van der Waals surface area contributed by atoms with E-state index in [9.17, 15) is 14.4 Å². The molecule has 0 spiro atoms. The summed E-state index contributed by atoms with van der Waals surface area (Å²) >= 11 is 0. The fourth-order valence-corrected chi connectivity index (χ4v) is 4.31. The fourth-order valence-electron chi connectivity index (χ4n) is 4.31. The Balaban J connectivity index is 0.00000256. The summed E-state index contributed by atoms with van der Waals surface area (Å²) in [7, 11) is 0. The molecule has 6 nitrogen and oxygen atoms in total. The summed E-state index contributed by atoms with van der Waals surface area (Å²) in [6.07, 6.45) is 4.24. The quantitative estimate of drug-likeness (QED) is 0.717. The number of hydrogen-bond donors (Lipinski definition) is 2. The highest BCUT2D eigenvalue weighted by atomic mass is 35.5. The molecular weight excluding hydrogens is 402 g/mol. The highest BCUT2D eigenvalue weighted by molar-refractivity contribution is 6.21. The van der Waals surface area contributed by atoms with Gasteiger partial charge in [-0.05, 0) is 55.1 Å². The van der Waals surface area contributed by atoms with Crippen molar-refractivity contribution >= 4 is 30.1 Å². The van der Waals surface area contributed by atoms with E-state index in [0.717, 1.165) is 31.2 Å². The Bertz CT molecular complexity index is 927. The minimum absolute atomic E-state index is 0. The normalized spacial score (nSPS) is 20.5. The summed E-state index contributed by atoms with van der Waals surface area (Å²) < 4.78 is 0. The number of nitrogens with one attached hydrogen (secondary N) is 1. The summed E-state index contributed by atoms with van der Waals surface area (Å²) in [5, 5.41) is 3.12. The number of imide groups is 1. The molecule has 1 saturated carbocycles. The Hall–Kier alpha value is -2.70. The number of halogens is 1. The third-order valence-corrected chi connectivity index (χ3v) is 5.94. The topological polar surface area (TPSA) is 92.5 Å². The second-order valence-corrected chi connectivity index (χ2v) is 7.80. The minimum atomic E-state index is -0.298. The molecule has 0 bridgehead atoms. The molecule has 1 fully saturated rings. The summed E-state index contributed by atoms with van der Waals surface area (Å²) in [5.41, 5.74) is 7.99. The number of carbonyl (C=O) groups excluding carboxylic acids is 3. The predicted molar refractivity (Wildman–Crippen MR) is 117 cm³/mol. The molecule has 1 aliphatic heterocycles. The van der Waals surface area contributed by atoms with Crippen LogP contribution in [0.5, 0.6) is 0 Å². The maximum Gasteiger partial charge on any atom is 0.261 e. The van der Waals surface area contributed by atoms with E-state index in [4.69, 9.17) is 5.73 Å². The monoisotopic (exact) mass is 427 g/mol. The zero-order valence-corrected chi connectivity index (χ0v) is 17.5. The van der Waals surface area contributed by atoms with Gasteiger partial charge in [-0.3, -0.25) is 19.3 Å². The van der Waals surface area contributed by atoms with E-state index < -0.39 is 0 Å². The number of nitrogens with zero attached hydrogens (tertiary/aromatic N) is 1. The van der Waals surface area contributed by atoms with E-state index in [0.29, 0.717) is 29.2 Å². The fraction of sp³-hybridized carbons (Fsp3) is 0.348. The van der Waals surface area contributed by atoms with Gasteiger partial charge in [0.05, 0.1) is 17.7 Å². The molecule has 0 saturated heterocycles. The minimum Gasteiger partial charge on any atom is -0.349 e. The van der Waals surface area contributed by atoms with Crippen molar-refractivity contribution in [3.63, 3.8) is 0 Å². The Morgan fingerprint density at radius 1 is 1.00 bits per heavy atom. The molecule has 2 unspecified atom stereocenters. The molecule has 0 aromatic heterocycles. The molecule has 1 heterocycles. The van der Waals surface area contributed by atoms with E-state index >= 15 is 0 Å². The van der Waals surface area contributed by atoms with Gasteiger partial charge >= 0.3 is 0 Å². The first-order valence-electron chi connectivity index (χ1n) is 10.1. The van der Waals surface area contributed by atoms with Crippen LogP contribution in [0.1, 0.15) is 62.3 Å². The first-order chi connectivity index (χ1) is 14.1. The molecule has 2 aromatic rings. The Morgan fingerprint density at radius 2 is 1.67 bits per heavy atom. The molecule has 2 aromatic carbocycles. The first kappa shape index (κ1) is 22.0. The molecule has 2 aliphatic rings.